The second-order valence-electron chi connectivity index (χ2n) is 11.3. The lowest BCUT2D eigenvalue weighted by Gasteiger charge is -2.57. The van der Waals surface area contributed by atoms with E-state index in [0.717, 1.165) is 23.3 Å². The van der Waals surface area contributed by atoms with Crippen LogP contribution in [0.4, 0.5) is 11.4 Å². The van der Waals surface area contributed by atoms with Gasteiger partial charge in [0.15, 0.2) is 0 Å². The van der Waals surface area contributed by atoms with Crippen molar-refractivity contribution >= 4 is 38.9 Å². The van der Waals surface area contributed by atoms with Gasteiger partial charge in [-0.3, -0.25) is 9.52 Å². The van der Waals surface area contributed by atoms with Crippen molar-refractivity contribution in [3.63, 3.8) is 0 Å². The molecular weight excluding hydrogens is 504 g/mol. The van der Waals surface area contributed by atoms with Crippen molar-refractivity contribution in [1.29, 1.82) is 0 Å². The second-order valence-corrected chi connectivity index (χ2v) is 13.4. The van der Waals surface area contributed by atoms with Gasteiger partial charge in [-0.05, 0) is 117 Å². The zero-order chi connectivity index (χ0) is 25.8. The van der Waals surface area contributed by atoms with E-state index in [0.29, 0.717) is 11.1 Å². The molecule has 7 heteroatoms. The van der Waals surface area contributed by atoms with Crippen LogP contribution in [-0.4, -0.2) is 14.3 Å². The Balaban J connectivity index is 1.17. The third kappa shape index (κ3) is 4.77. The molecule has 4 fully saturated rings. The van der Waals surface area contributed by atoms with Crippen LogP contribution in [0.3, 0.4) is 0 Å². The Labute approximate surface area is 223 Å². The highest BCUT2D eigenvalue weighted by Crippen LogP contribution is 2.60. The van der Waals surface area contributed by atoms with Gasteiger partial charge in [0, 0.05) is 11.4 Å². The van der Waals surface area contributed by atoms with E-state index < -0.39 is 10.0 Å². The lowest BCUT2D eigenvalue weighted by molar-refractivity contribution is -0.00518. The highest BCUT2D eigenvalue weighted by molar-refractivity contribution is 7.92. The lowest BCUT2D eigenvalue weighted by Crippen LogP contribution is -2.48. The number of halogens is 1. The van der Waals surface area contributed by atoms with Gasteiger partial charge in [-0.1, -0.05) is 41.4 Å². The van der Waals surface area contributed by atoms with Crippen molar-refractivity contribution in [1.82, 2.24) is 0 Å². The van der Waals surface area contributed by atoms with Gasteiger partial charge in [0.05, 0.1) is 15.5 Å². The molecule has 4 saturated carbocycles. The normalized spacial score (nSPS) is 26.2. The summed E-state index contributed by atoms with van der Waals surface area (Å²) in [5.74, 6) is 2.25. The van der Waals surface area contributed by atoms with E-state index in [2.05, 4.69) is 22.2 Å². The van der Waals surface area contributed by atoms with Crippen molar-refractivity contribution < 1.29 is 13.2 Å². The van der Waals surface area contributed by atoms with Gasteiger partial charge < -0.3 is 5.32 Å². The van der Waals surface area contributed by atoms with Gasteiger partial charge in [-0.25, -0.2) is 8.42 Å². The van der Waals surface area contributed by atoms with Crippen LogP contribution in [0.2, 0.25) is 5.02 Å². The highest BCUT2D eigenvalue weighted by Gasteiger charge is 2.51. The van der Waals surface area contributed by atoms with Gasteiger partial charge in [0.2, 0.25) is 0 Å². The quantitative estimate of drug-likeness (QED) is 0.352. The first kappa shape index (κ1) is 24.5. The molecule has 37 heavy (non-hydrogen) atoms. The van der Waals surface area contributed by atoms with Crippen LogP contribution in [0.5, 0.6) is 0 Å². The maximum absolute atomic E-state index is 13.1. The molecule has 0 radical (unpaired) electrons. The van der Waals surface area contributed by atoms with Gasteiger partial charge in [-0.15, -0.1) is 0 Å². The monoisotopic (exact) mass is 534 g/mol. The first-order valence-corrected chi connectivity index (χ1v) is 14.9. The number of benzene rings is 3. The summed E-state index contributed by atoms with van der Waals surface area (Å²) < 4.78 is 28.1. The molecule has 0 aliphatic heterocycles. The molecule has 0 unspecified atom stereocenters. The number of hydrogen-bond acceptors (Lipinski definition) is 3. The molecule has 3 aromatic carbocycles. The molecule has 5 nitrogen and oxygen atoms in total. The van der Waals surface area contributed by atoms with E-state index in [-0.39, 0.29) is 27.1 Å². The van der Waals surface area contributed by atoms with Gasteiger partial charge >= 0.3 is 0 Å². The number of hydrogen-bond donors (Lipinski definition) is 2. The molecule has 1 amide bonds. The molecule has 0 aromatic heterocycles. The molecular formula is C30H31ClN2O3S. The van der Waals surface area contributed by atoms with E-state index in [9.17, 15) is 13.2 Å². The van der Waals surface area contributed by atoms with Crippen molar-refractivity contribution in [2.45, 2.75) is 55.8 Å². The molecule has 192 valence electrons. The summed E-state index contributed by atoms with van der Waals surface area (Å²) >= 11 is 6.33. The van der Waals surface area contributed by atoms with Crippen LogP contribution in [-0.2, 0) is 15.4 Å². The highest BCUT2D eigenvalue weighted by atomic mass is 35.5. The molecule has 0 atom stereocenters. The molecule has 0 saturated heterocycles. The summed E-state index contributed by atoms with van der Waals surface area (Å²) in [5, 5.41) is 3.18. The first-order chi connectivity index (χ1) is 17.7. The number of amides is 1. The van der Waals surface area contributed by atoms with Crippen LogP contribution >= 0.6 is 11.6 Å². The second kappa shape index (κ2) is 9.17. The standard InChI is InChI=1S/C30H31ClN2O3S/c1-19-2-9-26(10-3-19)37(35,36)33-25-8-11-28(31)27(15-25)29(34)32-24-6-4-23(5-7-24)30-16-20-12-21(17-30)14-22(13-20)18-30/h2-11,15,20-22,33H,12-14,16-18H2,1H3,(H,32,34). The van der Waals surface area contributed by atoms with E-state index >= 15 is 0 Å². The Morgan fingerprint density at radius 1 is 0.838 bits per heavy atom. The number of sulfonamides is 1. The maximum atomic E-state index is 13.1. The summed E-state index contributed by atoms with van der Waals surface area (Å²) in [7, 11) is -3.79. The number of carbonyl (C=O) groups excluding carboxylic acids is 1. The molecule has 0 heterocycles. The van der Waals surface area contributed by atoms with Crippen LogP contribution in [0.1, 0.15) is 60.0 Å². The molecule has 4 bridgehead atoms. The third-order valence-corrected chi connectivity index (χ3v) is 10.3. The summed E-state index contributed by atoms with van der Waals surface area (Å²) in [6.45, 7) is 1.89. The molecule has 2 N–H and O–H groups in total. The van der Waals surface area contributed by atoms with Crippen LogP contribution < -0.4 is 10.0 Å². The van der Waals surface area contributed by atoms with Crippen LogP contribution in [0.25, 0.3) is 0 Å². The van der Waals surface area contributed by atoms with E-state index in [1.807, 2.05) is 19.1 Å². The number of nitrogens with one attached hydrogen (secondary N) is 2. The number of carbonyl (C=O) groups is 1. The summed E-state index contributed by atoms with van der Waals surface area (Å²) in [5.41, 5.74) is 3.85. The topological polar surface area (TPSA) is 75.3 Å². The van der Waals surface area contributed by atoms with Crippen molar-refractivity contribution in [3.8, 4) is 0 Å². The summed E-state index contributed by atoms with van der Waals surface area (Å²) in [6.07, 6.45) is 8.12. The molecule has 4 aliphatic rings. The van der Waals surface area contributed by atoms with Crippen LogP contribution in [0.15, 0.2) is 71.6 Å². The first-order valence-electron chi connectivity index (χ1n) is 13.0. The van der Waals surface area contributed by atoms with Crippen LogP contribution in [0, 0.1) is 24.7 Å². The Bertz CT molecular complexity index is 1410. The average molecular weight is 535 g/mol. The van der Waals surface area contributed by atoms with Gasteiger partial charge in [-0.2, -0.15) is 0 Å². The number of rotatable bonds is 6. The van der Waals surface area contributed by atoms with E-state index in [1.54, 1.807) is 30.3 Å². The van der Waals surface area contributed by atoms with E-state index in [1.165, 1.54) is 56.2 Å². The smallest absolute Gasteiger partial charge is 0.261 e. The van der Waals surface area contributed by atoms with Crippen molar-refractivity contribution in [3.05, 3.63) is 88.4 Å². The minimum atomic E-state index is -3.79. The van der Waals surface area contributed by atoms with E-state index in [4.69, 9.17) is 11.6 Å². The van der Waals surface area contributed by atoms with Gasteiger partial charge in [0.1, 0.15) is 0 Å². The Morgan fingerprint density at radius 2 is 1.41 bits per heavy atom. The fraction of sp³-hybridized carbons (Fsp3) is 0.367. The largest absolute Gasteiger partial charge is 0.322 e. The molecule has 4 aliphatic carbocycles. The minimum absolute atomic E-state index is 0.151. The molecule has 7 rings (SSSR count). The Hall–Kier alpha value is -2.83. The van der Waals surface area contributed by atoms with Gasteiger partial charge in [0.25, 0.3) is 15.9 Å². The predicted molar refractivity (Wildman–Crippen MR) is 148 cm³/mol. The van der Waals surface area contributed by atoms with Crippen molar-refractivity contribution in [2.75, 3.05) is 10.0 Å². The molecule has 3 aromatic rings. The fourth-order valence-corrected chi connectivity index (χ4v) is 8.52. The lowest BCUT2D eigenvalue weighted by atomic mass is 9.48. The maximum Gasteiger partial charge on any atom is 0.261 e. The Kier molecular flexibility index (Phi) is 6.08. The van der Waals surface area contributed by atoms with Crippen molar-refractivity contribution in [2.24, 2.45) is 17.8 Å². The Morgan fingerprint density at radius 3 is 2.00 bits per heavy atom. The molecule has 0 spiro atoms. The fourth-order valence-electron chi connectivity index (χ4n) is 7.26. The number of aryl methyl sites for hydroxylation is 1. The average Bonchev–Trinajstić information content (AvgIpc) is 2.85. The number of anilines is 2. The SMILES string of the molecule is Cc1ccc(S(=O)(=O)Nc2ccc(Cl)c(C(=O)Nc3ccc(C45CC6CC(CC(C6)C4)C5)cc3)c2)cc1. The summed E-state index contributed by atoms with van der Waals surface area (Å²) in [6, 6.07) is 19.4. The predicted octanol–water partition coefficient (Wildman–Crippen LogP) is 7.17. The third-order valence-electron chi connectivity index (χ3n) is 8.59. The minimum Gasteiger partial charge on any atom is -0.322 e. The summed E-state index contributed by atoms with van der Waals surface area (Å²) in [4.78, 5) is 13.2. The zero-order valence-corrected chi connectivity index (χ0v) is 22.4. The zero-order valence-electron chi connectivity index (χ0n) is 20.8.